The van der Waals surface area contributed by atoms with Gasteiger partial charge in [0.25, 0.3) is 0 Å². The molecule has 3 aliphatic rings. The Morgan fingerprint density at radius 2 is 1.88 bits per heavy atom. The minimum absolute atomic E-state index is 0.00729. The van der Waals surface area contributed by atoms with Crippen molar-refractivity contribution < 1.29 is 23.9 Å². The number of carboxylic acids is 1. The van der Waals surface area contributed by atoms with Gasteiger partial charge in [-0.2, -0.15) is 12.6 Å². The van der Waals surface area contributed by atoms with Gasteiger partial charge in [-0.25, -0.2) is 4.39 Å². The average Bonchev–Trinajstić information content (AvgIpc) is 3.66. The second kappa shape index (κ2) is 10.6. The van der Waals surface area contributed by atoms with Gasteiger partial charge in [0.05, 0.1) is 12.6 Å². The molecule has 2 heterocycles. The SMILES string of the molecule is CC(C(=O)O)N1CCN(CC=C2CN(C(C(=O)C3CC3)c3ccccc3F)CCC2S)C(=O)C1. The van der Waals surface area contributed by atoms with Crippen molar-refractivity contribution in [3.8, 4) is 0 Å². The Bertz CT molecular complexity index is 983. The fraction of sp³-hybridized carbons (Fsp3) is 0.560. The number of ketones is 1. The minimum Gasteiger partial charge on any atom is -0.480 e. The minimum atomic E-state index is -0.936. The smallest absolute Gasteiger partial charge is 0.320 e. The van der Waals surface area contributed by atoms with Crippen LogP contribution in [0, 0.1) is 11.7 Å². The number of likely N-dealkylation sites (tertiary alicyclic amines) is 1. The number of thiol groups is 1. The number of nitrogens with zero attached hydrogens (tertiary/aromatic N) is 3. The molecule has 0 bridgehead atoms. The number of carbonyl (C=O) groups excluding carboxylic acids is 2. The number of carbonyl (C=O) groups is 3. The van der Waals surface area contributed by atoms with E-state index in [0.29, 0.717) is 38.3 Å². The molecule has 0 aromatic heterocycles. The fourth-order valence-corrected chi connectivity index (χ4v) is 5.07. The number of rotatable bonds is 8. The van der Waals surface area contributed by atoms with E-state index in [-0.39, 0.29) is 35.2 Å². The summed E-state index contributed by atoms with van der Waals surface area (Å²) in [7, 11) is 0. The van der Waals surface area contributed by atoms with Crippen LogP contribution in [0.3, 0.4) is 0 Å². The van der Waals surface area contributed by atoms with Crippen molar-refractivity contribution in [3.63, 3.8) is 0 Å². The van der Waals surface area contributed by atoms with Gasteiger partial charge in [-0.1, -0.05) is 24.3 Å². The lowest BCUT2D eigenvalue weighted by molar-refractivity contribution is -0.146. The molecule has 4 rings (SSSR count). The molecular formula is C25H32FN3O4S. The van der Waals surface area contributed by atoms with E-state index in [4.69, 9.17) is 12.6 Å². The Balaban J connectivity index is 1.46. The number of piperidine rings is 1. The summed E-state index contributed by atoms with van der Waals surface area (Å²) in [5.74, 6) is -1.31. The number of carboxylic acid groups (broad SMARTS) is 1. The number of piperazine rings is 1. The molecule has 7 nitrogen and oxygen atoms in total. The van der Waals surface area contributed by atoms with Crippen molar-refractivity contribution in [1.29, 1.82) is 0 Å². The quantitative estimate of drug-likeness (QED) is 0.431. The lowest BCUT2D eigenvalue weighted by Crippen LogP contribution is -2.54. The van der Waals surface area contributed by atoms with Crippen LogP contribution in [-0.2, 0) is 14.4 Å². The fourth-order valence-electron chi connectivity index (χ4n) is 4.77. The van der Waals surface area contributed by atoms with Crippen molar-refractivity contribution in [3.05, 3.63) is 47.3 Å². The predicted molar refractivity (Wildman–Crippen MR) is 129 cm³/mol. The van der Waals surface area contributed by atoms with Gasteiger partial charge in [0, 0.05) is 49.5 Å². The number of benzene rings is 1. The van der Waals surface area contributed by atoms with Crippen LogP contribution in [0.5, 0.6) is 0 Å². The summed E-state index contributed by atoms with van der Waals surface area (Å²) >= 11 is 4.73. The van der Waals surface area contributed by atoms with Gasteiger partial charge in [-0.15, -0.1) is 0 Å². The lowest BCUT2D eigenvalue weighted by Gasteiger charge is -2.38. The Morgan fingerprint density at radius 1 is 1.15 bits per heavy atom. The van der Waals surface area contributed by atoms with Crippen molar-refractivity contribution in [2.24, 2.45) is 5.92 Å². The molecule has 1 saturated carbocycles. The molecule has 1 aliphatic carbocycles. The first-order chi connectivity index (χ1) is 16.3. The Labute approximate surface area is 205 Å². The molecule has 0 spiro atoms. The first kappa shape index (κ1) is 24.9. The van der Waals surface area contributed by atoms with Gasteiger partial charge < -0.3 is 10.0 Å². The molecule has 3 unspecified atom stereocenters. The highest BCUT2D eigenvalue weighted by Gasteiger charge is 2.41. The number of hydrogen-bond acceptors (Lipinski definition) is 6. The van der Waals surface area contributed by atoms with Crippen molar-refractivity contribution in [2.75, 3.05) is 39.3 Å². The van der Waals surface area contributed by atoms with Gasteiger partial charge in [0.2, 0.25) is 5.91 Å². The molecule has 9 heteroatoms. The molecule has 2 saturated heterocycles. The summed E-state index contributed by atoms with van der Waals surface area (Å²) in [6, 6.07) is 5.20. The second-order valence-electron chi connectivity index (χ2n) is 9.48. The highest BCUT2D eigenvalue weighted by atomic mass is 32.1. The third-order valence-electron chi connectivity index (χ3n) is 7.14. The normalized spacial score (nSPS) is 25.4. The van der Waals surface area contributed by atoms with Crippen LogP contribution in [0.25, 0.3) is 0 Å². The zero-order valence-electron chi connectivity index (χ0n) is 19.4. The molecule has 2 aliphatic heterocycles. The van der Waals surface area contributed by atoms with Gasteiger partial charge >= 0.3 is 5.97 Å². The van der Waals surface area contributed by atoms with E-state index in [1.807, 2.05) is 11.0 Å². The highest BCUT2D eigenvalue weighted by molar-refractivity contribution is 7.81. The van der Waals surface area contributed by atoms with E-state index < -0.39 is 18.1 Å². The van der Waals surface area contributed by atoms with Crippen LogP contribution >= 0.6 is 12.6 Å². The summed E-state index contributed by atoms with van der Waals surface area (Å²) in [4.78, 5) is 42.4. The maximum Gasteiger partial charge on any atom is 0.320 e. The zero-order valence-corrected chi connectivity index (χ0v) is 20.3. The van der Waals surface area contributed by atoms with Gasteiger partial charge in [0.1, 0.15) is 11.9 Å². The van der Waals surface area contributed by atoms with Crippen molar-refractivity contribution in [2.45, 2.75) is 43.5 Å². The van der Waals surface area contributed by atoms with Crippen molar-refractivity contribution in [1.82, 2.24) is 14.7 Å². The van der Waals surface area contributed by atoms with E-state index in [1.165, 1.54) is 6.07 Å². The van der Waals surface area contributed by atoms with Crippen LogP contribution in [-0.4, -0.2) is 88.0 Å². The maximum absolute atomic E-state index is 14.7. The molecule has 1 amide bonds. The van der Waals surface area contributed by atoms with Crippen LogP contribution in [0.1, 0.15) is 37.8 Å². The Morgan fingerprint density at radius 3 is 2.53 bits per heavy atom. The molecule has 1 N–H and O–H groups in total. The summed E-state index contributed by atoms with van der Waals surface area (Å²) in [5, 5.41) is 9.21. The van der Waals surface area contributed by atoms with E-state index >= 15 is 0 Å². The summed E-state index contributed by atoms with van der Waals surface area (Å²) in [6.07, 6.45) is 4.46. The predicted octanol–water partition coefficient (Wildman–Crippen LogP) is 2.39. The summed E-state index contributed by atoms with van der Waals surface area (Å²) in [6.45, 7) is 4.19. The molecule has 184 valence electrons. The van der Waals surface area contributed by atoms with Crippen LogP contribution in [0.2, 0.25) is 0 Å². The molecule has 34 heavy (non-hydrogen) atoms. The van der Waals surface area contributed by atoms with E-state index in [2.05, 4.69) is 0 Å². The first-order valence-corrected chi connectivity index (χ1v) is 12.4. The van der Waals surface area contributed by atoms with E-state index in [9.17, 15) is 23.9 Å². The lowest BCUT2D eigenvalue weighted by atomic mass is 9.93. The monoisotopic (exact) mass is 489 g/mol. The second-order valence-corrected chi connectivity index (χ2v) is 10.1. The standard InChI is InChI=1S/C25H32FN3O4S/c1-16(25(32)33)28-13-12-27(22(30)15-28)10-8-18-14-29(11-9-21(18)34)23(24(31)17-6-7-17)19-4-2-3-5-20(19)26/h2-5,8,16-17,21,23,34H,6-7,9-15H2,1H3,(H,32,33). The van der Waals surface area contributed by atoms with Gasteiger partial charge in [0.15, 0.2) is 5.78 Å². The number of hydrogen-bond donors (Lipinski definition) is 2. The Kier molecular flexibility index (Phi) is 7.74. The number of aliphatic carboxylic acids is 1. The average molecular weight is 490 g/mol. The van der Waals surface area contributed by atoms with E-state index in [0.717, 1.165) is 24.8 Å². The summed E-state index contributed by atoms with van der Waals surface area (Å²) < 4.78 is 14.7. The van der Waals surface area contributed by atoms with Gasteiger partial charge in [-0.3, -0.25) is 24.2 Å². The van der Waals surface area contributed by atoms with Crippen molar-refractivity contribution >= 4 is 30.3 Å². The van der Waals surface area contributed by atoms with E-state index in [1.54, 1.807) is 34.9 Å². The topological polar surface area (TPSA) is 81.2 Å². The first-order valence-electron chi connectivity index (χ1n) is 11.9. The molecule has 0 radical (unpaired) electrons. The number of amides is 1. The third-order valence-corrected chi connectivity index (χ3v) is 7.73. The largest absolute Gasteiger partial charge is 0.480 e. The third kappa shape index (κ3) is 5.53. The highest BCUT2D eigenvalue weighted by Crippen LogP contribution is 2.39. The molecule has 3 atom stereocenters. The van der Waals surface area contributed by atoms with Crippen LogP contribution in [0.4, 0.5) is 4.39 Å². The molecular weight excluding hydrogens is 457 g/mol. The zero-order chi connectivity index (χ0) is 24.4. The van der Waals surface area contributed by atoms with Gasteiger partial charge in [-0.05, 0) is 37.8 Å². The maximum atomic E-state index is 14.7. The molecule has 3 fully saturated rings. The number of halogens is 1. The van der Waals surface area contributed by atoms with Crippen LogP contribution < -0.4 is 0 Å². The number of Topliss-reactive ketones (excluding diaryl/α,β-unsaturated/α-hetero) is 1. The molecule has 1 aromatic carbocycles. The Hall–Kier alpha value is -2.23. The van der Waals surface area contributed by atoms with Crippen LogP contribution in [0.15, 0.2) is 35.9 Å². The molecule has 1 aromatic rings. The summed E-state index contributed by atoms with van der Waals surface area (Å²) in [5.41, 5.74) is 1.45.